The average Bonchev–Trinajstić information content (AvgIpc) is 2.73. The molecular weight excluding hydrogens is 222 g/mol. The second-order valence-electron chi connectivity index (χ2n) is 3.46. The van der Waals surface area contributed by atoms with Gasteiger partial charge in [-0.3, -0.25) is 0 Å². The largest absolute Gasteiger partial charge is 0.508 e. The molecular formula is C12H13NO2S. The molecule has 0 fully saturated rings. The molecule has 2 aromatic rings. The third-order valence-corrected chi connectivity index (χ3v) is 3.11. The van der Waals surface area contributed by atoms with E-state index in [4.69, 9.17) is 4.74 Å². The van der Waals surface area contributed by atoms with Crippen LogP contribution >= 0.6 is 11.3 Å². The van der Waals surface area contributed by atoms with Gasteiger partial charge < -0.3 is 9.84 Å². The SMILES string of the molecule is CCc1csc(Oc2cccc(O)c2C)n1. The number of hydrogen-bond donors (Lipinski definition) is 1. The van der Waals surface area contributed by atoms with Gasteiger partial charge in [0.25, 0.3) is 5.19 Å². The Labute approximate surface area is 98.4 Å². The Balaban J connectivity index is 2.23. The molecule has 1 heterocycles. The van der Waals surface area contributed by atoms with Crippen molar-refractivity contribution in [1.82, 2.24) is 4.98 Å². The number of benzene rings is 1. The van der Waals surface area contributed by atoms with Gasteiger partial charge in [0.2, 0.25) is 0 Å². The molecule has 0 aliphatic rings. The summed E-state index contributed by atoms with van der Waals surface area (Å²) in [6.07, 6.45) is 0.902. The van der Waals surface area contributed by atoms with E-state index in [1.165, 1.54) is 11.3 Å². The van der Waals surface area contributed by atoms with E-state index in [2.05, 4.69) is 11.9 Å². The van der Waals surface area contributed by atoms with E-state index in [0.29, 0.717) is 10.9 Å². The van der Waals surface area contributed by atoms with Crippen molar-refractivity contribution in [2.24, 2.45) is 0 Å². The maximum absolute atomic E-state index is 9.53. The molecule has 84 valence electrons. The lowest BCUT2D eigenvalue weighted by molar-refractivity contribution is 0.446. The van der Waals surface area contributed by atoms with Crippen LogP contribution in [-0.2, 0) is 6.42 Å². The number of aromatic nitrogens is 1. The highest BCUT2D eigenvalue weighted by Crippen LogP contribution is 2.31. The van der Waals surface area contributed by atoms with Crippen LogP contribution in [0.15, 0.2) is 23.6 Å². The van der Waals surface area contributed by atoms with Gasteiger partial charge >= 0.3 is 0 Å². The Morgan fingerprint density at radius 2 is 2.25 bits per heavy atom. The topological polar surface area (TPSA) is 42.4 Å². The lowest BCUT2D eigenvalue weighted by atomic mass is 10.2. The smallest absolute Gasteiger partial charge is 0.278 e. The summed E-state index contributed by atoms with van der Waals surface area (Å²) >= 11 is 1.47. The van der Waals surface area contributed by atoms with Gasteiger partial charge in [-0.2, -0.15) is 0 Å². The van der Waals surface area contributed by atoms with Gasteiger partial charge in [0.15, 0.2) is 0 Å². The van der Waals surface area contributed by atoms with Gasteiger partial charge in [-0.15, -0.1) is 0 Å². The van der Waals surface area contributed by atoms with E-state index in [0.717, 1.165) is 17.7 Å². The summed E-state index contributed by atoms with van der Waals surface area (Å²) in [5, 5.41) is 12.1. The third kappa shape index (κ3) is 2.17. The minimum absolute atomic E-state index is 0.241. The second kappa shape index (κ2) is 4.53. The van der Waals surface area contributed by atoms with Gasteiger partial charge in [0, 0.05) is 10.9 Å². The zero-order valence-electron chi connectivity index (χ0n) is 9.23. The van der Waals surface area contributed by atoms with E-state index < -0.39 is 0 Å². The van der Waals surface area contributed by atoms with E-state index in [-0.39, 0.29) is 5.75 Å². The Hall–Kier alpha value is -1.55. The highest BCUT2D eigenvalue weighted by atomic mass is 32.1. The maximum atomic E-state index is 9.53. The number of phenols is 1. The average molecular weight is 235 g/mol. The number of thiazole rings is 1. The van der Waals surface area contributed by atoms with Gasteiger partial charge in [0.1, 0.15) is 11.5 Å². The fourth-order valence-electron chi connectivity index (χ4n) is 1.31. The molecule has 3 nitrogen and oxygen atoms in total. The molecule has 0 bridgehead atoms. The van der Waals surface area contributed by atoms with Crippen LogP contribution in [0.25, 0.3) is 0 Å². The summed E-state index contributed by atoms with van der Waals surface area (Å²) in [7, 11) is 0. The third-order valence-electron chi connectivity index (χ3n) is 2.35. The lowest BCUT2D eigenvalue weighted by Gasteiger charge is -2.06. The molecule has 0 aliphatic heterocycles. The van der Waals surface area contributed by atoms with Crippen LogP contribution in [0.5, 0.6) is 16.7 Å². The Morgan fingerprint density at radius 1 is 1.44 bits per heavy atom. The van der Waals surface area contributed by atoms with Crippen molar-refractivity contribution in [3.63, 3.8) is 0 Å². The Morgan fingerprint density at radius 3 is 2.94 bits per heavy atom. The molecule has 16 heavy (non-hydrogen) atoms. The molecule has 0 atom stereocenters. The normalized spacial score (nSPS) is 10.4. The molecule has 0 saturated heterocycles. The highest BCUT2D eigenvalue weighted by Gasteiger charge is 2.07. The van der Waals surface area contributed by atoms with Gasteiger partial charge in [-0.1, -0.05) is 24.3 Å². The molecule has 1 aromatic heterocycles. The first-order valence-electron chi connectivity index (χ1n) is 5.11. The Kier molecular flexibility index (Phi) is 3.10. The summed E-state index contributed by atoms with van der Waals surface area (Å²) in [5.74, 6) is 0.891. The summed E-state index contributed by atoms with van der Waals surface area (Å²) in [6.45, 7) is 3.87. The minimum Gasteiger partial charge on any atom is -0.508 e. The van der Waals surface area contributed by atoms with Crippen LogP contribution in [0.1, 0.15) is 18.2 Å². The zero-order valence-corrected chi connectivity index (χ0v) is 10.0. The number of aryl methyl sites for hydroxylation is 1. The molecule has 1 aromatic carbocycles. The predicted octanol–water partition coefficient (Wildman–Crippen LogP) is 3.51. The number of ether oxygens (including phenoxy) is 1. The standard InChI is InChI=1S/C12H13NO2S/c1-3-9-7-16-12(13-9)15-11-6-4-5-10(14)8(11)2/h4-7,14H,3H2,1-2H3. The van der Waals surface area contributed by atoms with Crippen LogP contribution < -0.4 is 4.74 Å². The number of phenolic OH excluding ortho intramolecular Hbond substituents is 1. The Bertz CT molecular complexity index is 494. The molecule has 0 radical (unpaired) electrons. The maximum Gasteiger partial charge on any atom is 0.278 e. The van der Waals surface area contributed by atoms with Crippen LogP contribution in [0.2, 0.25) is 0 Å². The van der Waals surface area contributed by atoms with Crippen LogP contribution in [0, 0.1) is 6.92 Å². The quantitative estimate of drug-likeness (QED) is 0.885. The highest BCUT2D eigenvalue weighted by molar-refractivity contribution is 7.11. The molecule has 1 N–H and O–H groups in total. The van der Waals surface area contributed by atoms with Crippen LogP contribution in [-0.4, -0.2) is 10.1 Å². The summed E-state index contributed by atoms with van der Waals surface area (Å²) in [6, 6.07) is 5.22. The minimum atomic E-state index is 0.241. The lowest BCUT2D eigenvalue weighted by Crippen LogP contribution is -1.88. The van der Waals surface area contributed by atoms with Gasteiger partial charge in [0.05, 0.1) is 5.69 Å². The molecule has 4 heteroatoms. The molecule has 0 amide bonds. The first kappa shape index (κ1) is 11.0. The van der Waals surface area contributed by atoms with Crippen molar-refractivity contribution in [2.75, 3.05) is 0 Å². The first-order chi connectivity index (χ1) is 7.70. The summed E-state index contributed by atoms with van der Waals surface area (Å²) in [5.41, 5.74) is 1.76. The van der Waals surface area contributed by atoms with Crippen LogP contribution in [0.4, 0.5) is 0 Å². The monoisotopic (exact) mass is 235 g/mol. The number of hydrogen-bond acceptors (Lipinski definition) is 4. The fourth-order valence-corrected chi connectivity index (χ4v) is 2.07. The van der Waals surface area contributed by atoms with E-state index in [1.54, 1.807) is 12.1 Å². The summed E-state index contributed by atoms with van der Waals surface area (Å²) in [4.78, 5) is 4.31. The van der Waals surface area contributed by atoms with Crippen molar-refractivity contribution in [3.05, 3.63) is 34.8 Å². The van der Waals surface area contributed by atoms with Crippen molar-refractivity contribution in [1.29, 1.82) is 0 Å². The zero-order chi connectivity index (χ0) is 11.5. The van der Waals surface area contributed by atoms with Crippen molar-refractivity contribution < 1.29 is 9.84 Å². The van der Waals surface area contributed by atoms with Crippen LogP contribution in [0.3, 0.4) is 0 Å². The van der Waals surface area contributed by atoms with Gasteiger partial charge in [-0.25, -0.2) is 4.98 Å². The van der Waals surface area contributed by atoms with E-state index >= 15 is 0 Å². The number of nitrogens with zero attached hydrogens (tertiary/aromatic N) is 1. The fraction of sp³-hybridized carbons (Fsp3) is 0.250. The number of rotatable bonds is 3. The van der Waals surface area contributed by atoms with E-state index in [1.807, 2.05) is 18.4 Å². The van der Waals surface area contributed by atoms with Crippen molar-refractivity contribution in [3.8, 4) is 16.7 Å². The molecule has 0 aliphatic carbocycles. The predicted molar refractivity (Wildman–Crippen MR) is 64.4 cm³/mol. The number of aromatic hydroxyl groups is 1. The van der Waals surface area contributed by atoms with Crippen molar-refractivity contribution >= 4 is 11.3 Å². The second-order valence-corrected chi connectivity index (χ2v) is 4.28. The van der Waals surface area contributed by atoms with Gasteiger partial charge in [-0.05, 0) is 25.5 Å². The van der Waals surface area contributed by atoms with E-state index in [9.17, 15) is 5.11 Å². The van der Waals surface area contributed by atoms with Crippen molar-refractivity contribution in [2.45, 2.75) is 20.3 Å². The summed E-state index contributed by atoms with van der Waals surface area (Å²) < 4.78 is 5.62. The molecule has 0 unspecified atom stereocenters. The molecule has 2 rings (SSSR count). The molecule has 0 saturated carbocycles. The molecule has 0 spiro atoms. The first-order valence-corrected chi connectivity index (χ1v) is 5.99.